The van der Waals surface area contributed by atoms with Crippen molar-refractivity contribution >= 4 is 11.6 Å². The van der Waals surface area contributed by atoms with Crippen LogP contribution in [-0.2, 0) is 4.79 Å². The zero-order valence-corrected chi connectivity index (χ0v) is 11.7. The van der Waals surface area contributed by atoms with Crippen LogP contribution < -0.4 is 5.32 Å². The second kappa shape index (κ2) is 5.13. The summed E-state index contributed by atoms with van der Waals surface area (Å²) in [4.78, 5) is 12.4. The van der Waals surface area contributed by atoms with Crippen LogP contribution in [0.3, 0.4) is 0 Å². The Morgan fingerprint density at radius 1 is 1.17 bits per heavy atom. The van der Waals surface area contributed by atoms with Gasteiger partial charge in [0.05, 0.1) is 0 Å². The largest absolute Gasteiger partial charge is 0.325 e. The second-order valence-corrected chi connectivity index (χ2v) is 5.89. The Kier molecular flexibility index (Phi) is 3.74. The summed E-state index contributed by atoms with van der Waals surface area (Å²) in [5, 5.41) is 3.11. The Morgan fingerprint density at radius 2 is 1.83 bits per heavy atom. The minimum atomic E-state index is -0.171. The number of hydrogen-bond donors (Lipinski definition) is 1. The lowest BCUT2D eigenvalue weighted by molar-refractivity contribution is -0.126. The van der Waals surface area contributed by atoms with E-state index in [4.69, 9.17) is 0 Å². The molecule has 0 bridgehead atoms. The van der Waals surface area contributed by atoms with Crippen LogP contribution in [0.15, 0.2) is 18.2 Å². The van der Waals surface area contributed by atoms with Crippen LogP contribution in [0, 0.1) is 19.3 Å². The lowest BCUT2D eigenvalue weighted by atomic mass is 9.75. The maximum atomic E-state index is 12.4. The molecule has 2 heteroatoms. The van der Waals surface area contributed by atoms with E-state index in [0.717, 1.165) is 24.1 Å². The Morgan fingerprint density at radius 3 is 2.44 bits per heavy atom. The first-order valence-electron chi connectivity index (χ1n) is 6.90. The molecule has 0 radical (unpaired) electrons. The van der Waals surface area contributed by atoms with E-state index < -0.39 is 0 Å². The second-order valence-electron chi connectivity index (χ2n) is 5.89. The van der Waals surface area contributed by atoms with Gasteiger partial charge in [0, 0.05) is 11.1 Å². The summed E-state index contributed by atoms with van der Waals surface area (Å²) in [6.07, 6.45) is 5.66. The number of anilines is 1. The average Bonchev–Trinajstić information content (AvgIpc) is 2.33. The first-order valence-corrected chi connectivity index (χ1v) is 6.90. The van der Waals surface area contributed by atoms with Crippen LogP contribution in [0.2, 0.25) is 0 Å². The number of amides is 1. The number of aryl methyl sites for hydroxylation is 2. The van der Waals surface area contributed by atoms with E-state index in [-0.39, 0.29) is 11.3 Å². The van der Waals surface area contributed by atoms with Crippen molar-refractivity contribution in [1.29, 1.82) is 0 Å². The van der Waals surface area contributed by atoms with Gasteiger partial charge in [-0.1, -0.05) is 43.9 Å². The van der Waals surface area contributed by atoms with Gasteiger partial charge in [-0.3, -0.25) is 4.79 Å². The first kappa shape index (κ1) is 13.1. The molecule has 1 fully saturated rings. The van der Waals surface area contributed by atoms with E-state index in [1.807, 2.05) is 19.1 Å². The summed E-state index contributed by atoms with van der Waals surface area (Å²) < 4.78 is 0. The third-order valence-electron chi connectivity index (χ3n) is 4.14. The van der Waals surface area contributed by atoms with Crippen LogP contribution in [0.4, 0.5) is 5.69 Å². The Balaban J connectivity index is 2.11. The van der Waals surface area contributed by atoms with Gasteiger partial charge in [0.15, 0.2) is 0 Å². The highest BCUT2D eigenvalue weighted by molar-refractivity contribution is 5.95. The molecule has 0 aliphatic heterocycles. The highest BCUT2D eigenvalue weighted by Crippen LogP contribution is 2.37. The highest BCUT2D eigenvalue weighted by Gasteiger charge is 2.34. The lowest BCUT2D eigenvalue weighted by Gasteiger charge is -2.32. The van der Waals surface area contributed by atoms with Crippen molar-refractivity contribution in [2.45, 2.75) is 52.9 Å². The summed E-state index contributed by atoms with van der Waals surface area (Å²) in [5.74, 6) is 0.189. The van der Waals surface area contributed by atoms with Crippen molar-refractivity contribution in [3.05, 3.63) is 29.3 Å². The molecular formula is C16H23NO. The monoisotopic (exact) mass is 245 g/mol. The molecule has 0 atom stereocenters. The number of rotatable bonds is 2. The summed E-state index contributed by atoms with van der Waals surface area (Å²) in [7, 11) is 0. The molecule has 1 aliphatic carbocycles. The van der Waals surface area contributed by atoms with Crippen LogP contribution >= 0.6 is 0 Å². The molecule has 1 N–H and O–H groups in total. The van der Waals surface area contributed by atoms with Gasteiger partial charge >= 0.3 is 0 Å². The average molecular weight is 245 g/mol. The predicted octanol–water partition coefficient (Wildman–Crippen LogP) is 4.21. The van der Waals surface area contributed by atoms with E-state index >= 15 is 0 Å². The third-order valence-corrected chi connectivity index (χ3v) is 4.14. The number of carbonyl (C=O) groups is 1. The summed E-state index contributed by atoms with van der Waals surface area (Å²) in [6.45, 7) is 6.22. The zero-order valence-electron chi connectivity index (χ0n) is 11.7. The van der Waals surface area contributed by atoms with Gasteiger partial charge in [0.1, 0.15) is 0 Å². The lowest BCUT2D eigenvalue weighted by Crippen LogP contribution is -2.35. The fourth-order valence-electron chi connectivity index (χ4n) is 2.79. The van der Waals surface area contributed by atoms with Gasteiger partial charge in [-0.05, 0) is 38.3 Å². The van der Waals surface area contributed by atoms with Crippen molar-refractivity contribution in [2.75, 3.05) is 5.32 Å². The van der Waals surface area contributed by atoms with Gasteiger partial charge in [-0.25, -0.2) is 0 Å². The Bertz CT molecular complexity index is 444. The molecule has 98 valence electrons. The normalized spacial score (nSPS) is 18.4. The molecule has 0 unspecified atom stereocenters. The van der Waals surface area contributed by atoms with E-state index in [2.05, 4.69) is 25.2 Å². The molecule has 1 aromatic rings. The van der Waals surface area contributed by atoms with Gasteiger partial charge in [0.25, 0.3) is 0 Å². The summed E-state index contributed by atoms with van der Waals surface area (Å²) >= 11 is 0. The molecule has 1 aliphatic rings. The summed E-state index contributed by atoms with van der Waals surface area (Å²) in [6, 6.07) is 6.17. The van der Waals surface area contributed by atoms with Gasteiger partial charge < -0.3 is 5.32 Å². The smallest absolute Gasteiger partial charge is 0.230 e. The molecule has 0 aromatic heterocycles. The number of hydrogen-bond acceptors (Lipinski definition) is 1. The molecule has 1 saturated carbocycles. The molecule has 2 nitrogen and oxygen atoms in total. The van der Waals surface area contributed by atoms with Crippen molar-refractivity contribution < 1.29 is 4.79 Å². The van der Waals surface area contributed by atoms with Gasteiger partial charge in [0.2, 0.25) is 5.91 Å². The highest BCUT2D eigenvalue weighted by atomic mass is 16.2. The number of benzene rings is 1. The fourth-order valence-corrected chi connectivity index (χ4v) is 2.79. The van der Waals surface area contributed by atoms with E-state index in [0.29, 0.717) is 0 Å². The van der Waals surface area contributed by atoms with Crippen molar-refractivity contribution in [1.82, 2.24) is 0 Å². The van der Waals surface area contributed by atoms with Gasteiger partial charge in [-0.15, -0.1) is 0 Å². The molecule has 18 heavy (non-hydrogen) atoms. The summed E-state index contributed by atoms with van der Waals surface area (Å²) in [5.41, 5.74) is 3.16. The SMILES string of the molecule is Cc1ccc(NC(=O)C2(C)CCCCC2)c(C)c1. The molecule has 0 heterocycles. The number of nitrogens with one attached hydrogen (secondary N) is 1. The third kappa shape index (κ3) is 2.74. The first-order chi connectivity index (χ1) is 8.51. The predicted molar refractivity (Wildman–Crippen MR) is 75.7 cm³/mol. The molecule has 1 amide bonds. The van der Waals surface area contributed by atoms with Crippen molar-refractivity contribution in [3.63, 3.8) is 0 Å². The van der Waals surface area contributed by atoms with Crippen molar-refractivity contribution in [3.8, 4) is 0 Å². The fraction of sp³-hybridized carbons (Fsp3) is 0.562. The minimum Gasteiger partial charge on any atom is -0.325 e. The molecule has 0 spiro atoms. The molecule has 2 rings (SSSR count). The maximum absolute atomic E-state index is 12.4. The molecular weight excluding hydrogens is 222 g/mol. The molecule has 0 saturated heterocycles. The standard InChI is InChI=1S/C16H23NO/c1-12-7-8-14(13(2)11-12)17-15(18)16(3)9-5-4-6-10-16/h7-8,11H,4-6,9-10H2,1-3H3,(H,17,18). The number of carbonyl (C=O) groups excluding carboxylic acids is 1. The van der Waals surface area contributed by atoms with Crippen molar-refractivity contribution in [2.24, 2.45) is 5.41 Å². The van der Waals surface area contributed by atoms with Crippen LogP contribution in [0.5, 0.6) is 0 Å². The minimum absolute atomic E-state index is 0.171. The maximum Gasteiger partial charge on any atom is 0.230 e. The Hall–Kier alpha value is -1.31. The molecule has 1 aromatic carbocycles. The Labute approximate surface area is 110 Å². The zero-order chi connectivity index (χ0) is 13.2. The van der Waals surface area contributed by atoms with E-state index in [1.165, 1.54) is 24.8 Å². The topological polar surface area (TPSA) is 29.1 Å². The van der Waals surface area contributed by atoms with Gasteiger partial charge in [-0.2, -0.15) is 0 Å². The van der Waals surface area contributed by atoms with Crippen LogP contribution in [0.1, 0.15) is 50.2 Å². The van der Waals surface area contributed by atoms with E-state index in [9.17, 15) is 4.79 Å². The van der Waals surface area contributed by atoms with Crippen LogP contribution in [0.25, 0.3) is 0 Å². The quantitative estimate of drug-likeness (QED) is 0.830. The van der Waals surface area contributed by atoms with E-state index in [1.54, 1.807) is 0 Å². The van der Waals surface area contributed by atoms with Crippen LogP contribution in [-0.4, -0.2) is 5.91 Å².